The second-order valence-electron chi connectivity index (χ2n) is 5.06. The van der Waals surface area contributed by atoms with Gasteiger partial charge in [-0.25, -0.2) is 8.42 Å². The Kier molecular flexibility index (Phi) is 4.98. The van der Waals surface area contributed by atoms with Crippen molar-refractivity contribution in [2.75, 3.05) is 43.7 Å². The summed E-state index contributed by atoms with van der Waals surface area (Å²) < 4.78 is 24.6. The van der Waals surface area contributed by atoms with Gasteiger partial charge in [0.15, 0.2) is 0 Å². The highest BCUT2D eigenvalue weighted by atomic mass is 32.2. The summed E-state index contributed by atoms with van der Waals surface area (Å²) in [4.78, 5) is 2.21. The first-order valence-electron chi connectivity index (χ1n) is 6.63. The van der Waals surface area contributed by atoms with E-state index in [1.807, 2.05) is 0 Å². The summed E-state index contributed by atoms with van der Waals surface area (Å²) in [5.74, 6) is 0. The quantitative estimate of drug-likeness (QED) is 0.713. The molecule has 1 heterocycles. The van der Waals surface area contributed by atoms with Crippen LogP contribution in [-0.2, 0) is 10.0 Å². The van der Waals surface area contributed by atoms with E-state index in [0.717, 1.165) is 38.0 Å². The van der Waals surface area contributed by atoms with E-state index < -0.39 is 16.1 Å². The van der Waals surface area contributed by atoms with Crippen LogP contribution in [0.3, 0.4) is 0 Å². The molecule has 20 heavy (non-hydrogen) atoms. The van der Waals surface area contributed by atoms with Crippen LogP contribution >= 0.6 is 0 Å². The number of piperazine rings is 1. The average molecular weight is 299 g/mol. The van der Waals surface area contributed by atoms with Gasteiger partial charge >= 0.3 is 0 Å². The number of nitrogens with zero attached hydrogens (tertiary/aromatic N) is 1. The zero-order valence-electron chi connectivity index (χ0n) is 11.5. The lowest BCUT2D eigenvalue weighted by Crippen LogP contribution is -2.44. The van der Waals surface area contributed by atoms with Gasteiger partial charge in [-0.05, 0) is 17.7 Å². The molecule has 112 valence electrons. The van der Waals surface area contributed by atoms with Crippen LogP contribution in [0.2, 0.25) is 0 Å². The lowest BCUT2D eigenvalue weighted by atomic mass is 10.1. The number of β-amino-alcohol motifs (C(OH)–C–C–N with tert-alkyl or cyclic N) is 1. The number of benzene rings is 1. The fraction of sp³-hybridized carbons (Fsp3) is 0.538. The van der Waals surface area contributed by atoms with Crippen LogP contribution in [0.4, 0.5) is 5.69 Å². The molecule has 1 unspecified atom stereocenters. The van der Waals surface area contributed by atoms with Crippen LogP contribution in [0.25, 0.3) is 0 Å². The lowest BCUT2D eigenvalue weighted by Gasteiger charge is -2.29. The predicted octanol–water partition coefficient (Wildman–Crippen LogP) is -0.00330. The van der Waals surface area contributed by atoms with Crippen molar-refractivity contribution in [2.45, 2.75) is 6.10 Å². The maximum Gasteiger partial charge on any atom is 0.229 e. The third-order valence-corrected chi connectivity index (χ3v) is 3.85. The summed E-state index contributed by atoms with van der Waals surface area (Å²) in [5.41, 5.74) is 1.30. The molecule has 3 N–H and O–H groups in total. The fourth-order valence-electron chi connectivity index (χ4n) is 2.23. The van der Waals surface area contributed by atoms with E-state index >= 15 is 0 Å². The van der Waals surface area contributed by atoms with E-state index in [1.54, 1.807) is 24.3 Å². The monoisotopic (exact) mass is 299 g/mol. The second kappa shape index (κ2) is 6.53. The van der Waals surface area contributed by atoms with Crippen molar-refractivity contribution in [3.63, 3.8) is 0 Å². The number of sulfonamides is 1. The van der Waals surface area contributed by atoms with Gasteiger partial charge in [0.1, 0.15) is 0 Å². The normalized spacial score (nSPS) is 18.7. The highest BCUT2D eigenvalue weighted by Crippen LogP contribution is 2.18. The highest BCUT2D eigenvalue weighted by molar-refractivity contribution is 7.92. The number of nitrogens with one attached hydrogen (secondary N) is 2. The van der Waals surface area contributed by atoms with E-state index in [1.165, 1.54) is 0 Å². The molecular weight excluding hydrogens is 278 g/mol. The standard InChI is InChI=1S/C13H21N3O3S/c1-20(18,19)15-12-4-2-11(3-5-12)13(17)10-16-8-6-14-7-9-16/h2-5,13-15,17H,6-10H2,1H3. The third kappa shape index (κ3) is 4.75. The molecule has 1 fully saturated rings. The molecular formula is C13H21N3O3S. The minimum Gasteiger partial charge on any atom is -0.387 e. The molecule has 0 saturated carbocycles. The van der Waals surface area contributed by atoms with Crippen LogP contribution in [0.1, 0.15) is 11.7 Å². The zero-order valence-corrected chi connectivity index (χ0v) is 12.4. The molecule has 6 nitrogen and oxygen atoms in total. The zero-order chi connectivity index (χ0) is 14.6. The molecule has 1 aliphatic rings. The molecule has 1 atom stereocenters. The molecule has 1 aliphatic heterocycles. The van der Waals surface area contributed by atoms with Gasteiger partial charge in [-0.15, -0.1) is 0 Å². The highest BCUT2D eigenvalue weighted by Gasteiger charge is 2.15. The summed E-state index contributed by atoms with van der Waals surface area (Å²) in [6.07, 6.45) is 0.556. The Labute approximate surface area is 119 Å². The third-order valence-electron chi connectivity index (χ3n) is 3.24. The minimum atomic E-state index is -3.26. The van der Waals surface area contributed by atoms with Gasteiger partial charge in [0.05, 0.1) is 12.4 Å². The van der Waals surface area contributed by atoms with Crippen molar-refractivity contribution >= 4 is 15.7 Å². The van der Waals surface area contributed by atoms with Gasteiger partial charge in [-0.3, -0.25) is 9.62 Å². The molecule has 7 heteroatoms. The smallest absolute Gasteiger partial charge is 0.229 e. The van der Waals surface area contributed by atoms with Crippen LogP contribution in [-0.4, -0.2) is 57.4 Å². The van der Waals surface area contributed by atoms with Crippen LogP contribution in [0.5, 0.6) is 0 Å². The molecule has 1 aromatic rings. The molecule has 1 saturated heterocycles. The lowest BCUT2D eigenvalue weighted by molar-refractivity contribution is 0.105. The van der Waals surface area contributed by atoms with Gasteiger partial charge in [-0.2, -0.15) is 0 Å². The van der Waals surface area contributed by atoms with Crippen molar-refractivity contribution in [1.29, 1.82) is 0 Å². The Bertz CT molecular complexity index is 524. The van der Waals surface area contributed by atoms with Crippen LogP contribution in [0.15, 0.2) is 24.3 Å². The van der Waals surface area contributed by atoms with E-state index in [0.29, 0.717) is 12.2 Å². The van der Waals surface area contributed by atoms with Crippen molar-refractivity contribution in [3.8, 4) is 0 Å². The van der Waals surface area contributed by atoms with Crippen molar-refractivity contribution in [2.24, 2.45) is 0 Å². The van der Waals surface area contributed by atoms with Gasteiger partial charge in [-0.1, -0.05) is 12.1 Å². The Hall–Kier alpha value is -1.15. The van der Waals surface area contributed by atoms with Gasteiger partial charge in [0, 0.05) is 38.4 Å². The molecule has 1 aromatic carbocycles. The number of aliphatic hydroxyl groups excluding tert-OH is 1. The maximum absolute atomic E-state index is 11.1. The predicted molar refractivity (Wildman–Crippen MR) is 79.2 cm³/mol. The second-order valence-corrected chi connectivity index (χ2v) is 6.81. The first-order chi connectivity index (χ1) is 9.44. The number of rotatable bonds is 5. The SMILES string of the molecule is CS(=O)(=O)Nc1ccc(C(O)CN2CCNCC2)cc1. The van der Waals surface area contributed by atoms with Crippen LogP contribution < -0.4 is 10.0 Å². The average Bonchev–Trinajstić information content (AvgIpc) is 2.39. The summed E-state index contributed by atoms with van der Waals surface area (Å²) in [6.45, 7) is 4.37. The molecule has 0 amide bonds. The number of anilines is 1. The fourth-order valence-corrected chi connectivity index (χ4v) is 2.80. The van der Waals surface area contributed by atoms with Gasteiger partial charge < -0.3 is 10.4 Å². The Morgan fingerprint density at radius 2 is 1.90 bits per heavy atom. The van der Waals surface area contributed by atoms with Gasteiger partial charge in [0.25, 0.3) is 0 Å². The van der Waals surface area contributed by atoms with Crippen molar-refractivity contribution < 1.29 is 13.5 Å². The summed E-state index contributed by atoms with van der Waals surface area (Å²) in [5, 5.41) is 13.5. The number of hydrogen-bond donors (Lipinski definition) is 3. The Morgan fingerprint density at radius 3 is 2.45 bits per heavy atom. The van der Waals surface area contributed by atoms with E-state index in [-0.39, 0.29) is 0 Å². The molecule has 0 radical (unpaired) electrons. The molecule has 2 rings (SSSR count). The maximum atomic E-state index is 11.1. The Morgan fingerprint density at radius 1 is 1.30 bits per heavy atom. The molecule has 0 aliphatic carbocycles. The van der Waals surface area contributed by atoms with Crippen LogP contribution in [0, 0.1) is 0 Å². The molecule has 0 aromatic heterocycles. The van der Waals surface area contributed by atoms with E-state index in [9.17, 15) is 13.5 Å². The summed E-state index contributed by atoms with van der Waals surface area (Å²) in [6, 6.07) is 6.83. The minimum absolute atomic E-state index is 0.505. The summed E-state index contributed by atoms with van der Waals surface area (Å²) >= 11 is 0. The first-order valence-corrected chi connectivity index (χ1v) is 8.52. The van der Waals surface area contributed by atoms with E-state index in [4.69, 9.17) is 0 Å². The number of aliphatic hydroxyl groups is 1. The molecule has 0 spiro atoms. The Balaban J connectivity index is 1.94. The topological polar surface area (TPSA) is 81.7 Å². The number of hydrogen-bond acceptors (Lipinski definition) is 5. The van der Waals surface area contributed by atoms with Gasteiger partial charge in [0.2, 0.25) is 10.0 Å². The largest absolute Gasteiger partial charge is 0.387 e. The molecule has 0 bridgehead atoms. The van der Waals surface area contributed by atoms with E-state index in [2.05, 4.69) is 14.9 Å². The van der Waals surface area contributed by atoms with Crippen molar-refractivity contribution in [1.82, 2.24) is 10.2 Å². The first kappa shape index (κ1) is 15.2. The van der Waals surface area contributed by atoms with Crippen molar-refractivity contribution in [3.05, 3.63) is 29.8 Å². The summed E-state index contributed by atoms with van der Waals surface area (Å²) in [7, 11) is -3.26.